The first-order valence-electron chi connectivity index (χ1n) is 9.57. The first-order valence-corrected chi connectivity index (χ1v) is 9.57. The molecular weight excluding hydrogens is 362 g/mol. The van der Waals surface area contributed by atoms with Crippen LogP contribution in [0.1, 0.15) is 16.7 Å². The lowest BCUT2D eigenvalue weighted by Gasteiger charge is -2.21. The van der Waals surface area contributed by atoms with Crippen molar-refractivity contribution in [2.24, 2.45) is 5.92 Å². The zero-order chi connectivity index (χ0) is 20.2. The van der Waals surface area contributed by atoms with E-state index in [2.05, 4.69) is 0 Å². The molecule has 29 heavy (non-hydrogen) atoms. The number of carboxylic acid groups (broad SMARTS) is 1. The molecule has 3 aromatic carbocycles. The molecule has 4 heteroatoms. The van der Waals surface area contributed by atoms with Gasteiger partial charge in [0.1, 0.15) is 5.92 Å². The third-order valence-corrected chi connectivity index (χ3v) is 5.17. The molecule has 1 aliphatic rings. The van der Waals surface area contributed by atoms with Gasteiger partial charge >= 0.3 is 5.97 Å². The smallest absolute Gasteiger partial charge is 0.312 e. The largest absolute Gasteiger partial charge is 0.481 e. The Bertz CT molecular complexity index is 1040. The Labute approximate surface area is 169 Å². The first kappa shape index (κ1) is 18.7. The zero-order valence-corrected chi connectivity index (χ0v) is 15.9. The number of carbonyl (C=O) groups is 2. The van der Waals surface area contributed by atoms with Crippen molar-refractivity contribution in [3.63, 3.8) is 0 Å². The number of hydrogen-bond acceptors (Lipinski definition) is 2. The summed E-state index contributed by atoms with van der Waals surface area (Å²) < 4.78 is 0. The molecule has 3 aromatic rings. The molecular formula is C25H21NO3. The van der Waals surface area contributed by atoms with Crippen molar-refractivity contribution in [2.45, 2.75) is 6.42 Å². The lowest BCUT2D eigenvalue weighted by Crippen LogP contribution is -2.32. The average Bonchev–Trinajstić information content (AvgIpc) is 3.17. The number of benzene rings is 3. The predicted molar refractivity (Wildman–Crippen MR) is 113 cm³/mol. The number of rotatable bonds is 5. The number of nitrogens with zero attached hydrogens (tertiary/aromatic N) is 1. The van der Waals surface area contributed by atoms with Crippen molar-refractivity contribution in [3.8, 4) is 0 Å². The molecule has 1 aliphatic heterocycles. The van der Waals surface area contributed by atoms with Crippen LogP contribution in [-0.2, 0) is 16.0 Å². The fraction of sp³-hybridized carbons (Fsp3) is 0.120. The summed E-state index contributed by atoms with van der Waals surface area (Å²) in [6.07, 6.45) is 0.228. The van der Waals surface area contributed by atoms with Crippen LogP contribution in [0.25, 0.3) is 11.3 Å². The molecule has 0 aromatic heterocycles. The van der Waals surface area contributed by atoms with Crippen LogP contribution in [0.2, 0.25) is 0 Å². The maximum absolute atomic E-state index is 13.2. The Morgan fingerprint density at radius 3 is 1.86 bits per heavy atom. The normalized spacial score (nSPS) is 16.1. The summed E-state index contributed by atoms with van der Waals surface area (Å²) >= 11 is 0. The van der Waals surface area contributed by atoms with Crippen LogP contribution in [0.15, 0.2) is 91.0 Å². The highest BCUT2D eigenvalue weighted by molar-refractivity contribution is 6.06. The van der Waals surface area contributed by atoms with Gasteiger partial charge in [0.25, 0.3) is 0 Å². The highest BCUT2D eigenvalue weighted by Gasteiger charge is 2.39. The molecule has 0 saturated carbocycles. The molecule has 0 radical (unpaired) electrons. The van der Waals surface area contributed by atoms with Crippen molar-refractivity contribution in [3.05, 3.63) is 108 Å². The minimum atomic E-state index is -0.924. The minimum absolute atomic E-state index is 0.104. The van der Waals surface area contributed by atoms with Gasteiger partial charge in [-0.3, -0.25) is 9.59 Å². The van der Waals surface area contributed by atoms with Crippen LogP contribution >= 0.6 is 0 Å². The SMILES string of the molecule is O=C(O)C1CN(C(=O)Cc2ccccc2)C(c2ccccc2)=C1c1ccccc1. The van der Waals surface area contributed by atoms with E-state index in [1.807, 2.05) is 91.0 Å². The van der Waals surface area contributed by atoms with Gasteiger partial charge in [-0.25, -0.2) is 0 Å². The number of hydrogen-bond donors (Lipinski definition) is 1. The minimum Gasteiger partial charge on any atom is -0.481 e. The number of aliphatic carboxylic acids is 1. The van der Waals surface area contributed by atoms with Gasteiger partial charge in [0.15, 0.2) is 0 Å². The Kier molecular flexibility index (Phi) is 5.25. The number of carboxylic acids is 1. The fourth-order valence-electron chi connectivity index (χ4n) is 3.83. The summed E-state index contributed by atoms with van der Waals surface area (Å²) in [5.41, 5.74) is 3.95. The highest BCUT2D eigenvalue weighted by Crippen LogP contribution is 2.41. The third-order valence-electron chi connectivity index (χ3n) is 5.17. The summed E-state index contributed by atoms with van der Waals surface area (Å²) in [6, 6.07) is 28.6. The van der Waals surface area contributed by atoms with E-state index in [0.29, 0.717) is 11.3 Å². The number of carbonyl (C=O) groups excluding carboxylic acids is 1. The van der Waals surface area contributed by atoms with Crippen molar-refractivity contribution in [1.29, 1.82) is 0 Å². The molecule has 0 aliphatic carbocycles. The summed E-state index contributed by atoms with van der Waals surface area (Å²) in [4.78, 5) is 27.0. The second-order valence-corrected chi connectivity index (χ2v) is 7.05. The van der Waals surface area contributed by atoms with E-state index in [9.17, 15) is 14.7 Å². The Morgan fingerprint density at radius 1 is 0.793 bits per heavy atom. The van der Waals surface area contributed by atoms with E-state index >= 15 is 0 Å². The summed E-state index contributed by atoms with van der Waals surface area (Å²) in [6.45, 7) is 0.134. The standard InChI is InChI=1S/C25H21NO3/c27-22(16-18-10-4-1-5-11-18)26-17-21(25(28)29)23(19-12-6-2-7-13-19)24(26)20-14-8-3-9-15-20/h1-15,21H,16-17H2,(H,28,29). The van der Waals surface area contributed by atoms with Crippen LogP contribution in [0.4, 0.5) is 0 Å². The maximum atomic E-state index is 13.2. The van der Waals surface area contributed by atoms with Gasteiger partial charge in [-0.1, -0.05) is 91.0 Å². The molecule has 1 N–H and O–H groups in total. The molecule has 0 fully saturated rings. The molecule has 0 saturated heterocycles. The van der Waals surface area contributed by atoms with Gasteiger partial charge in [0.2, 0.25) is 5.91 Å². The molecule has 0 bridgehead atoms. The predicted octanol–water partition coefficient (Wildman–Crippen LogP) is 4.34. The average molecular weight is 383 g/mol. The van der Waals surface area contributed by atoms with Crippen LogP contribution in [0.3, 0.4) is 0 Å². The molecule has 1 unspecified atom stereocenters. The lowest BCUT2D eigenvalue weighted by atomic mass is 9.92. The van der Waals surface area contributed by atoms with Gasteiger partial charge in [-0.2, -0.15) is 0 Å². The van der Waals surface area contributed by atoms with Crippen LogP contribution < -0.4 is 0 Å². The molecule has 1 amide bonds. The van der Waals surface area contributed by atoms with E-state index in [1.165, 1.54) is 0 Å². The van der Waals surface area contributed by atoms with Crippen LogP contribution in [-0.4, -0.2) is 28.4 Å². The Morgan fingerprint density at radius 2 is 1.31 bits per heavy atom. The second kappa shape index (κ2) is 8.15. The summed E-state index contributed by atoms with van der Waals surface area (Å²) in [7, 11) is 0. The molecule has 4 nitrogen and oxygen atoms in total. The van der Waals surface area contributed by atoms with Gasteiger partial charge < -0.3 is 10.0 Å². The van der Waals surface area contributed by atoms with Gasteiger partial charge in [0.05, 0.1) is 12.1 Å². The van der Waals surface area contributed by atoms with Crippen LogP contribution in [0, 0.1) is 5.92 Å². The van der Waals surface area contributed by atoms with Crippen molar-refractivity contribution in [2.75, 3.05) is 6.54 Å². The molecule has 1 atom stereocenters. The summed E-state index contributed by atoms with van der Waals surface area (Å²) in [5.74, 6) is -1.80. The lowest BCUT2D eigenvalue weighted by molar-refractivity contribution is -0.140. The topological polar surface area (TPSA) is 57.6 Å². The van der Waals surface area contributed by atoms with E-state index < -0.39 is 11.9 Å². The van der Waals surface area contributed by atoms with Crippen molar-refractivity contribution in [1.82, 2.24) is 4.90 Å². The number of amides is 1. The first-order chi connectivity index (χ1) is 14.1. The molecule has 0 spiro atoms. The second-order valence-electron chi connectivity index (χ2n) is 7.05. The van der Waals surface area contributed by atoms with Gasteiger partial charge in [-0.15, -0.1) is 0 Å². The molecule has 4 rings (SSSR count). The van der Waals surface area contributed by atoms with Crippen LogP contribution in [0.5, 0.6) is 0 Å². The Hall–Kier alpha value is -3.66. The van der Waals surface area contributed by atoms with E-state index in [1.54, 1.807) is 4.90 Å². The molecule has 144 valence electrons. The maximum Gasteiger partial charge on any atom is 0.312 e. The fourth-order valence-corrected chi connectivity index (χ4v) is 3.83. The van der Waals surface area contributed by atoms with Gasteiger partial charge in [-0.05, 0) is 22.3 Å². The van der Waals surface area contributed by atoms with Crippen molar-refractivity contribution < 1.29 is 14.7 Å². The van der Waals surface area contributed by atoms with E-state index in [4.69, 9.17) is 0 Å². The Balaban J connectivity index is 1.83. The summed E-state index contributed by atoms with van der Waals surface area (Å²) in [5, 5.41) is 9.93. The van der Waals surface area contributed by atoms with Crippen molar-refractivity contribution >= 4 is 23.1 Å². The van der Waals surface area contributed by atoms with E-state index in [0.717, 1.165) is 16.7 Å². The third kappa shape index (κ3) is 3.83. The zero-order valence-electron chi connectivity index (χ0n) is 15.9. The van der Waals surface area contributed by atoms with E-state index in [-0.39, 0.29) is 18.9 Å². The van der Waals surface area contributed by atoms with Gasteiger partial charge in [0, 0.05) is 6.54 Å². The monoisotopic (exact) mass is 383 g/mol. The molecule has 1 heterocycles. The highest BCUT2D eigenvalue weighted by atomic mass is 16.4. The quantitative estimate of drug-likeness (QED) is 0.713.